The van der Waals surface area contributed by atoms with E-state index in [0.29, 0.717) is 23.2 Å². The highest BCUT2D eigenvalue weighted by molar-refractivity contribution is 8.14. The predicted octanol–water partition coefficient (Wildman–Crippen LogP) is 3.08. The average molecular weight is 288 g/mol. The Balaban J connectivity index is 2.07. The number of rotatable bonds is 2. The molecule has 0 aliphatic carbocycles. The number of thioether (sulfide) groups is 1. The molecule has 1 N–H and O–H groups in total. The molecule has 0 bridgehead atoms. The fourth-order valence-corrected chi connectivity index (χ4v) is 2.71. The summed E-state index contributed by atoms with van der Waals surface area (Å²) in [6.07, 6.45) is 0. The Morgan fingerprint density at radius 3 is 2.90 bits per heavy atom. The summed E-state index contributed by atoms with van der Waals surface area (Å²) in [4.78, 5) is 14.8. The molecule has 1 aromatic carbocycles. The molecule has 0 fully saturated rings. The van der Waals surface area contributed by atoms with Crippen molar-refractivity contribution in [2.24, 2.45) is 15.2 Å². The summed E-state index contributed by atoms with van der Waals surface area (Å²) < 4.78 is 1.76. The van der Waals surface area contributed by atoms with Crippen molar-refractivity contribution >= 4 is 39.4 Å². The second kappa shape index (κ2) is 5.09. The van der Waals surface area contributed by atoms with Gasteiger partial charge in [0.1, 0.15) is 0 Å². The summed E-state index contributed by atoms with van der Waals surface area (Å²) in [7, 11) is 0. The number of nitrogens with zero attached hydrogens (tertiary/aromatic N) is 4. The number of amidine groups is 1. The van der Waals surface area contributed by atoms with E-state index in [1.165, 1.54) is 11.8 Å². The fraction of sp³-hybridized carbons (Fsp3) is 0.231. The van der Waals surface area contributed by atoms with Gasteiger partial charge in [-0.3, -0.25) is 4.79 Å². The van der Waals surface area contributed by atoms with Crippen molar-refractivity contribution in [2.75, 3.05) is 5.75 Å². The number of aromatic nitrogens is 1. The van der Waals surface area contributed by atoms with Crippen molar-refractivity contribution in [3.8, 4) is 5.88 Å². The molecule has 1 aromatic heterocycles. The first-order valence-corrected chi connectivity index (χ1v) is 7.15. The lowest BCUT2D eigenvalue weighted by molar-refractivity contribution is -0.115. The molecule has 20 heavy (non-hydrogen) atoms. The maximum Gasteiger partial charge on any atom is 0.258 e. The van der Waals surface area contributed by atoms with E-state index in [-0.39, 0.29) is 11.8 Å². The molecule has 1 aliphatic rings. The molecule has 0 saturated heterocycles. The molecular formula is C13H12N4O2S. The van der Waals surface area contributed by atoms with Crippen LogP contribution in [-0.4, -0.2) is 26.5 Å². The summed E-state index contributed by atoms with van der Waals surface area (Å²) in [5, 5.41) is 19.4. The van der Waals surface area contributed by atoms with Gasteiger partial charge in [0.2, 0.25) is 11.0 Å². The third-order valence-corrected chi connectivity index (χ3v) is 3.84. The van der Waals surface area contributed by atoms with Gasteiger partial charge < -0.3 is 9.67 Å². The predicted molar refractivity (Wildman–Crippen MR) is 78.7 cm³/mol. The largest absolute Gasteiger partial charge is 0.493 e. The first-order chi connectivity index (χ1) is 9.70. The number of carbonyl (C=O) groups is 1. The van der Waals surface area contributed by atoms with Crippen molar-refractivity contribution < 1.29 is 9.90 Å². The number of hydrogen-bond acceptors (Lipinski definition) is 5. The SMILES string of the molecule is CCn1c(O)c(N=NC2=NC(=O)CS2)c2ccccc21. The maximum atomic E-state index is 11.0. The molecule has 102 valence electrons. The molecule has 0 spiro atoms. The van der Waals surface area contributed by atoms with Crippen LogP contribution in [0.1, 0.15) is 6.92 Å². The molecule has 3 rings (SSSR count). The van der Waals surface area contributed by atoms with E-state index in [1.807, 2.05) is 31.2 Å². The molecule has 6 nitrogen and oxygen atoms in total. The summed E-state index contributed by atoms with van der Waals surface area (Å²) in [5.74, 6) is 0.174. The van der Waals surface area contributed by atoms with E-state index < -0.39 is 0 Å². The Bertz CT molecular complexity index is 748. The van der Waals surface area contributed by atoms with Crippen LogP contribution in [0.3, 0.4) is 0 Å². The van der Waals surface area contributed by atoms with Crippen molar-refractivity contribution in [2.45, 2.75) is 13.5 Å². The number of benzene rings is 1. The molecule has 1 amide bonds. The molecule has 0 unspecified atom stereocenters. The fourth-order valence-electron chi connectivity index (χ4n) is 2.13. The highest BCUT2D eigenvalue weighted by Gasteiger charge is 2.17. The Morgan fingerprint density at radius 2 is 2.20 bits per heavy atom. The van der Waals surface area contributed by atoms with E-state index in [0.717, 1.165) is 10.9 Å². The molecular weight excluding hydrogens is 276 g/mol. The number of aromatic hydroxyl groups is 1. The van der Waals surface area contributed by atoms with E-state index in [9.17, 15) is 9.90 Å². The summed E-state index contributed by atoms with van der Waals surface area (Å²) in [6.45, 7) is 2.58. The van der Waals surface area contributed by atoms with Crippen LogP contribution in [0.4, 0.5) is 5.69 Å². The lowest BCUT2D eigenvalue weighted by atomic mass is 10.2. The number of aliphatic imine (C=N–C) groups is 1. The molecule has 7 heteroatoms. The van der Waals surface area contributed by atoms with Crippen molar-refractivity contribution in [1.82, 2.24) is 4.57 Å². The van der Waals surface area contributed by atoms with Crippen LogP contribution in [0.15, 0.2) is 39.5 Å². The quantitative estimate of drug-likeness (QED) is 0.862. The third kappa shape index (κ3) is 2.09. The van der Waals surface area contributed by atoms with Crippen LogP contribution >= 0.6 is 11.8 Å². The van der Waals surface area contributed by atoms with Gasteiger partial charge in [0.25, 0.3) is 5.91 Å². The van der Waals surface area contributed by atoms with E-state index in [1.54, 1.807) is 4.57 Å². The van der Waals surface area contributed by atoms with Crippen LogP contribution in [-0.2, 0) is 11.3 Å². The van der Waals surface area contributed by atoms with Gasteiger partial charge in [-0.05, 0) is 13.0 Å². The van der Waals surface area contributed by atoms with Gasteiger partial charge >= 0.3 is 0 Å². The number of fused-ring (bicyclic) bond motifs is 1. The highest BCUT2D eigenvalue weighted by Crippen LogP contribution is 2.38. The average Bonchev–Trinajstić information content (AvgIpc) is 2.98. The van der Waals surface area contributed by atoms with Gasteiger partial charge in [0, 0.05) is 11.9 Å². The minimum absolute atomic E-state index is 0.0763. The minimum Gasteiger partial charge on any atom is -0.493 e. The number of aryl methyl sites for hydroxylation is 1. The minimum atomic E-state index is -0.204. The summed E-state index contributed by atoms with van der Waals surface area (Å²) in [5.41, 5.74) is 1.31. The normalized spacial score (nSPS) is 15.4. The van der Waals surface area contributed by atoms with Crippen molar-refractivity contribution in [3.63, 3.8) is 0 Å². The van der Waals surface area contributed by atoms with Crippen LogP contribution in [0.5, 0.6) is 5.88 Å². The van der Waals surface area contributed by atoms with Crippen molar-refractivity contribution in [3.05, 3.63) is 24.3 Å². The van der Waals surface area contributed by atoms with E-state index in [2.05, 4.69) is 15.2 Å². The van der Waals surface area contributed by atoms with Gasteiger partial charge in [-0.2, -0.15) is 4.99 Å². The summed E-state index contributed by atoms with van der Waals surface area (Å²) >= 11 is 1.25. The lowest BCUT2D eigenvalue weighted by Crippen LogP contribution is -1.91. The zero-order valence-electron chi connectivity index (χ0n) is 10.8. The van der Waals surface area contributed by atoms with Gasteiger partial charge in [0.15, 0.2) is 5.69 Å². The molecule has 0 atom stereocenters. The smallest absolute Gasteiger partial charge is 0.258 e. The van der Waals surface area contributed by atoms with Gasteiger partial charge in [-0.25, -0.2) is 0 Å². The number of para-hydroxylation sites is 1. The molecule has 0 saturated carbocycles. The first kappa shape index (κ1) is 12.9. The monoisotopic (exact) mass is 288 g/mol. The van der Waals surface area contributed by atoms with Crippen LogP contribution < -0.4 is 0 Å². The highest BCUT2D eigenvalue weighted by atomic mass is 32.2. The second-order valence-corrected chi connectivity index (χ2v) is 5.15. The van der Waals surface area contributed by atoms with E-state index >= 15 is 0 Å². The third-order valence-electron chi connectivity index (χ3n) is 3.01. The zero-order chi connectivity index (χ0) is 14.1. The van der Waals surface area contributed by atoms with Crippen molar-refractivity contribution in [1.29, 1.82) is 0 Å². The number of amides is 1. The molecule has 0 radical (unpaired) electrons. The Morgan fingerprint density at radius 1 is 1.40 bits per heavy atom. The lowest BCUT2D eigenvalue weighted by Gasteiger charge is -2.00. The van der Waals surface area contributed by atoms with Gasteiger partial charge in [-0.1, -0.05) is 30.0 Å². The van der Waals surface area contributed by atoms with Gasteiger partial charge in [-0.15, -0.1) is 10.2 Å². The Hall–Kier alpha value is -2.15. The standard InChI is InChI=1S/C13H12N4O2S/c1-2-17-9-6-4-3-5-8(9)11(12(17)19)15-16-13-14-10(18)7-20-13/h3-6,19H,2,7H2,1H3. The molecule has 2 heterocycles. The van der Waals surface area contributed by atoms with Crippen LogP contribution in [0.2, 0.25) is 0 Å². The second-order valence-electron chi connectivity index (χ2n) is 4.21. The number of azo groups is 1. The van der Waals surface area contributed by atoms with Gasteiger partial charge in [0.05, 0.1) is 11.3 Å². The zero-order valence-corrected chi connectivity index (χ0v) is 11.6. The molecule has 2 aromatic rings. The van der Waals surface area contributed by atoms with Crippen LogP contribution in [0, 0.1) is 0 Å². The Labute approximate surface area is 119 Å². The topological polar surface area (TPSA) is 79.3 Å². The first-order valence-electron chi connectivity index (χ1n) is 6.17. The molecule has 1 aliphatic heterocycles. The number of hydrogen-bond donors (Lipinski definition) is 1. The maximum absolute atomic E-state index is 11.0. The van der Waals surface area contributed by atoms with E-state index in [4.69, 9.17) is 0 Å². The van der Waals surface area contributed by atoms with Crippen LogP contribution in [0.25, 0.3) is 10.9 Å². The Kier molecular flexibility index (Phi) is 3.27. The summed E-state index contributed by atoms with van der Waals surface area (Å²) in [6, 6.07) is 7.59. The number of carbonyl (C=O) groups excluding carboxylic acids is 1.